The van der Waals surface area contributed by atoms with Crippen LogP contribution in [0.2, 0.25) is 0 Å². The quantitative estimate of drug-likeness (QED) is 0.0456. The lowest BCUT2D eigenvalue weighted by molar-refractivity contribution is -0.143. The number of aromatic nitrogens is 1. The average molecular weight is 871 g/mol. The van der Waals surface area contributed by atoms with Crippen LogP contribution in [0.4, 0.5) is 0 Å². The Bertz CT molecular complexity index is 2230. The Morgan fingerprint density at radius 1 is 0.619 bits per heavy atom. The lowest BCUT2D eigenvalue weighted by atomic mass is 9.99. The standard InChI is InChI=1S/C44H54N8O11/c1-25(2)18-34(51-43(61)35(20-26-8-4-3-5-9-26)50-38(55)23-47-40(58)31(45)19-27-12-14-29(53)15-13-27)42(60)52-36(21-28-22-46-32-11-7-6-10-30(28)32)41(59)48-24-37(54)49-33(44(62)63)16-17-39(56)57/h3-15,22,25,31,33-36,46,53H,16-21,23-24,45H2,1-2H3,(H,47,58)(H,48,59)(H,49,54)(H,50,55)(H,51,61)(H,52,60)(H,56,57)(H,62,63)/t31-,33-,34-,35-,36-/m0/s1. The van der Waals surface area contributed by atoms with Gasteiger partial charge in [-0.2, -0.15) is 0 Å². The predicted molar refractivity (Wildman–Crippen MR) is 230 cm³/mol. The van der Waals surface area contributed by atoms with Gasteiger partial charge in [-0.15, -0.1) is 0 Å². The molecule has 0 saturated carbocycles. The van der Waals surface area contributed by atoms with Crippen molar-refractivity contribution in [1.82, 2.24) is 36.9 Å². The molecule has 63 heavy (non-hydrogen) atoms. The molecule has 0 spiro atoms. The molecule has 1 aromatic heterocycles. The van der Waals surface area contributed by atoms with Gasteiger partial charge in [0.2, 0.25) is 35.4 Å². The zero-order chi connectivity index (χ0) is 46.1. The number of phenolic OH excluding ortho intramolecular Hbond substituents is 1. The minimum atomic E-state index is -1.53. The number of benzene rings is 3. The van der Waals surface area contributed by atoms with Crippen LogP contribution in [0.25, 0.3) is 10.9 Å². The summed E-state index contributed by atoms with van der Waals surface area (Å²) < 4.78 is 0. The molecule has 12 N–H and O–H groups in total. The average Bonchev–Trinajstić information content (AvgIpc) is 3.65. The van der Waals surface area contributed by atoms with E-state index >= 15 is 0 Å². The number of aromatic amines is 1. The zero-order valence-electron chi connectivity index (χ0n) is 34.9. The van der Waals surface area contributed by atoms with Gasteiger partial charge in [-0.3, -0.25) is 33.6 Å². The van der Waals surface area contributed by atoms with Crippen molar-refractivity contribution in [3.8, 4) is 5.75 Å². The van der Waals surface area contributed by atoms with Gasteiger partial charge in [0.1, 0.15) is 29.9 Å². The van der Waals surface area contributed by atoms with Crippen molar-refractivity contribution in [2.45, 2.75) is 82.6 Å². The number of hydrogen-bond donors (Lipinski definition) is 11. The van der Waals surface area contributed by atoms with Gasteiger partial charge in [-0.1, -0.05) is 74.5 Å². The van der Waals surface area contributed by atoms with Crippen molar-refractivity contribution in [1.29, 1.82) is 0 Å². The number of aliphatic carboxylic acids is 2. The normalized spacial score (nSPS) is 13.4. The van der Waals surface area contributed by atoms with Gasteiger partial charge in [0.25, 0.3) is 0 Å². The number of hydrogen-bond acceptors (Lipinski definition) is 10. The van der Waals surface area contributed by atoms with Crippen LogP contribution < -0.4 is 37.6 Å². The van der Waals surface area contributed by atoms with Crippen LogP contribution >= 0.6 is 0 Å². The second kappa shape index (κ2) is 23.6. The highest BCUT2D eigenvalue weighted by Crippen LogP contribution is 2.20. The molecule has 336 valence electrons. The van der Waals surface area contributed by atoms with Gasteiger partial charge in [-0.25, -0.2) is 4.79 Å². The third-order valence-corrected chi connectivity index (χ3v) is 9.86. The fourth-order valence-electron chi connectivity index (χ4n) is 6.62. The first-order valence-corrected chi connectivity index (χ1v) is 20.3. The number of phenols is 1. The lowest BCUT2D eigenvalue weighted by Crippen LogP contribution is -2.58. The van der Waals surface area contributed by atoms with E-state index in [1.54, 1.807) is 54.7 Å². The molecule has 0 bridgehead atoms. The smallest absolute Gasteiger partial charge is 0.326 e. The van der Waals surface area contributed by atoms with Crippen molar-refractivity contribution in [3.63, 3.8) is 0 Å². The van der Waals surface area contributed by atoms with Gasteiger partial charge < -0.3 is 57.9 Å². The Labute approximate surface area is 363 Å². The molecule has 0 saturated heterocycles. The molecule has 0 aliphatic heterocycles. The number of rotatable bonds is 24. The number of carbonyl (C=O) groups excluding carboxylic acids is 6. The summed E-state index contributed by atoms with van der Waals surface area (Å²) in [5, 5.41) is 43.8. The van der Waals surface area contributed by atoms with Crippen LogP contribution in [0.1, 0.15) is 49.8 Å². The molecule has 1 heterocycles. The second-order valence-corrected chi connectivity index (χ2v) is 15.4. The third-order valence-electron chi connectivity index (χ3n) is 9.86. The largest absolute Gasteiger partial charge is 0.508 e. The summed E-state index contributed by atoms with van der Waals surface area (Å²) in [6, 6.07) is 15.9. The van der Waals surface area contributed by atoms with E-state index in [4.69, 9.17) is 10.8 Å². The van der Waals surface area contributed by atoms with E-state index in [1.165, 1.54) is 12.1 Å². The van der Waals surface area contributed by atoms with Crippen LogP contribution in [-0.2, 0) is 57.6 Å². The highest BCUT2D eigenvalue weighted by atomic mass is 16.4. The zero-order valence-corrected chi connectivity index (χ0v) is 34.9. The number of amides is 6. The molecule has 3 aromatic carbocycles. The van der Waals surface area contributed by atoms with Crippen LogP contribution in [0.3, 0.4) is 0 Å². The number of carboxylic acid groups (broad SMARTS) is 2. The number of carboxylic acids is 2. The van der Waals surface area contributed by atoms with E-state index in [0.717, 1.165) is 10.9 Å². The van der Waals surface area contributed by atoms with Crippen LogP contribution in [0.15, 0.2) is 85.1 Å². The summed E-state index contributed by atoms with van der Waals surface area (Å²) in [5.74, 6) is -7.35. The maximum Gasteiger partial charge on any atom is 0.326 e. The van der Waals surface area contributed by atoms with Gasteiger partial charge in [0.05, 0.1) is 19.1 Å². The maximum atomic E-state index is 14.1. The van der Waals surface area contributed by atoms with Crippen LogP contribution in [0.5, 0.6) is 5.75 Å². The van der Waals surface area contributed by atoms with E-state index < -0.39 is 104 Å². The fourth-order valence-corrected chi connectivity index (χ4v) is 6.62. The van der Waals surface area contributed by atoms with E-state index in [-0.39, 0.29) is 37.4 Å². The minimum absolute atomic E-state index is 0.00937. The van der Waals surface area contributed by atoms with Crippen LogP contribution in [0, 0.1) is 5.92 Å². The molecule has 4 rings (SSSR count). The first-order chi connectivity index (χ1) is 30.0. The number of nitrogens with two attached hydrogens (primary N) is 1. The lowest BCUT2D eigenvalue weighted by Gasteiger charge is -2.26. The molecule has 0 fully saturated rings. The molecule has 6 amide bonds. The van der Waals surface area contributed by atoms with Crippen molar-refractivity contribution < 1.29 is 53.7 Å². The summed E-state index contributed by atoms with van der Waals surface area (Å²) in [6.45, 7) is 2.42. The highest BCUT2D eigenvalue weighted by Gasteiger charge is 2.32. The molecule has 5 atom stereocenters. The molecule has 19 nitrogen and oxygen atoms in total. The summed E-state index contributed by atoms with van der Waals surface area (Å²) >= 11 is 0. The first-order valence-electron chi connectivity index (χ1n) is 20.3. The number of H-pyrrole nitrogens is 1. The van der Waals surface area contributed by atoms with Crippen molar-refractivity contribution in [2.24, 2.45) is 11.7 Å². The Kier molecular flexibility index (Phi) is 18.2. The van der Waals surface area contributed by atoms with E-state index in [0.29, 0.717) is 16.7 Å². The number of nitrogens with one attached hydrogen (secondary N) is 7. The van der Waals surface area contributed by atoms with E-state index in [1.807, 2.05) is 32.0 Å². The van der Waals surface area contributed by atoms with Crippen molar-refractivity contribution in [2.75, 3.05) is 13.1 Å². The molecule has 0 unspecified atom stereocenters. The Hall–Kier alpha value is -7.28. The van der Waals surface area contributed by atoms with Gasteiger partial charge >= 0.3 is 11.9 Å². The molecule has 0 aliphatic rings. The van der Waals surface area contributed by atoms with E-state index in [2.05, 4.69) is 36.9 Å². The first kappa shape index (κ1) is 48.4. The SMILES string of the molecule is CC(C)C[C@H](NC(=O)[C@H](Cc1ccccc1)NC(=O)CNC(=O)[C@@H](N)Cc1ccc(O)cc1)C(=O)N[C@@H](Cc1c[nH]c2ccccc12)C(=O)NCC(=O)N[C@@H](CCC(=O)O)C(=O)O. The molecule has 0 aliphatic carbocycles. The van der Waals surface area contributed by atoms with Crippen molar-refractivity contribution >= 4 is 58.3 Å². The van der Waals surface area contributed by atoms with Gasteiger partial charge in [0.15, 0.2) is 0 Å². The van der Waals surface area contributed by atoms with E-state index in [9.17, 15) is 48.6 Å². The minimum Gasteiger partial charge on any atom is -0.508 e. The predicted octanol–water partition coefficient (Wildman–Crippen LogP) is 0.396. The fraction of sp³-hybridized carbons (Fsp3) is 0.364. The second-order valence-electron chi connectivity index (χ2n) is 15.4. The topological polar surface area (TPSA) is 311 Å². The third kappa shape index (κ3) is 15.9. The summed E-state index contributed by atoms with van der Waals surface area (Å²) in [4.78, 5) is 106. The monoisotopic (exact) mass is 870 g/mol. The molecule has 19 heteroatoms. The number of aromatic hydroxyl groups is 1. The number of fused-ring (bicyclic) bond motifs is 1. The van der Waals surface area contributed by atoms with Gasteiger partial charge in [-0.05, 0) is 60.1 Å². The summed E-state index contributed by atoms with van der Waals surface area (Å²) in [6.07, 6.45) is 0.933. The maximum absolute atomic E-state index is 14.1. The van der Waals surface area contributed by atoms with Gasteiger partial charge in [0, 0.05) is 36.4 Å². The number of carbonyl (C=O) groups is 8. The van der Waals surface area contributed by atoms with Crippen LogP contribution in [-0.4, -0.2) is 111 Å². The summed E-state index contributed by atoms with van der Waals surface area (Å²) in [5.41, 5.74) is 8.81. The highest BCUT2D eigenvalue weighted by molar-refractivity contribution is 5.96. The molecule has 4 aromatic rings. The summed E-state index contributed by atoms with van der Waals surface area (Å²) in [7, 11) is 0. The Balaban J connectivity index is 1.49. The molecular weight excluding hydrogens is 817 g/mol. The number of para-hydroxylation sites is 1. The molecule has 0 radical (unpaired) electrons. The molecular formula is C44H54N8O11. The Morgan fingerprint density at radius 2 is 1.17 bits per heavy atom. The Morgan fingerprint density at radius 3 is 1.81 bits per heavy atom. The van der Waals surface area contributed by atoms with Crippen molar-refractivity contribution in [3.05, 3.63) is 102 Å².